The summed E-state index contributed by atoms with van der Waals surface area (Å²) < 4.78 is 35.5. The van der Waals surface area contributed by atoms with Crippen LogP contribution in [0.2, 0.25) is 0 Å². The zero-order valence-electron chi connectivity index (χ0n) is 19.5. The van der Waals surface area contributed by atoms with Crippen LogP contribution in [0, 0.1) is 0 Å². The lowest BCUT2D eigenvalue weighted by molar-refractivity contribution is -0.163. The average molecular weight is 488 g/mol. The number of esters is 1. The van der Waals surface area contributed by atoms with E-state index >= 15 is 0 Å². The Morgan fingerprint density at radius 3 is 1.94 bits per heavy atom. The molecule has 0 aromatic heterocycles. The molecular formula is C28H25NO7. The molecular weight excluding hydrogens is 462 g/mol. The van der Waals surface area contributed by atoms with Crippen LogP contribution >= 0.6 is 0 Å². The normalized spacial score (nSPS) is 26.7. The van der Waals surface area contributed by atoms with Crippen LogP contribution in [0.1, 0.15) is 35.1 Å². The first-order chi connectivity index (χ1) is 17.8. The third-order valence-corrected chi connectivity index (χ3v) is 7.07. The highest BCUT2D eigenvalue weighted by Gasteiger charge is 2.54. The Morgan fingerprint density at radius 1 is 0.639 bits per heavy atom. The minimum absolute atomic E-state index is 0.172. The number of fused-ring (bicyclic) bond motifs is 3. The lowest BCUT2D eigenvalue weighted by atomic mass is 9.96. The third-order valence-electron chi connectivity index (χ3n) is 7.07. The predicted octanol–water partition coefficient (Wildman–Crippen LogP) is 3.97. The number of carbonyl (C=O) groups excluding carboxylic acids is 1. The van der Waals surface area contributed by atoms with Crippen LogP contribution in [-0.4, -0.2) is 49.9 Å². The van der Waals surface area contributed by atoms with Crippen molar-refractivity contribution in [3.8, 4) is 23.0 Å². The third kappa shape index (κ3) is 3.56. The van der Waals surface area contributed by atoms with Gasteiger partial charge in [-0.25, -0.2) is 4.90 Å². The second-order valence-corrected chi connectivity index (χ2v) is 9.16. The van der Waals surface area contributed by atoms with Gasteiger partial charge in [-0.2, -0.15) is 0 Å². The molecule has 3 aromatic carbocycles. The number of morpholine rings is 1. The van der Waals surface area contributed by atoms with Crippen LogP contribution in [0.5, 0.6) is 23.0 Å². The van der Waals surface area contributed by atoms with E-state index in [9.17, 15) is 4.79 Å². The maximum Gasteiger partial charge on any atom is 0.326 e. The molecule has 4 aliphatic heterocycles. The molecule has 0 saturated carbocycles. The molecule has 0 radical (unpaired) electrons. The smallest absolute Gasteiger partial charge is 0.326 e. The summed E-state index contributed by atoms with van der Waals surface area (Å²) in [7, 11) is 0. The SMILES string of the molecule is O=C1OC[C@H](c2ccccc2)N2C(c3ccc4c(c3)OCCO4)O[C@H](c3ccc4c(c3)OCCO4)[C@@H]12. The van der Waals surface area contributed by atoms with Crippen LogP contribution in [0.3, 0.4) is 0 Å². The molecule has 0 N–H and O–H groups in total. The first-order valence-electron chi connectivity index (χ1n) is 12.2. The molecule has 8 nitrogen and oxygen atoms in total. The molecule has 1 unspecified atom stereocenters. The van der Waals surface area contributed by atoms with Gasteiger partial charge in [0.05, 0.1) is 6.04 Å². The van der Waals surface area contributed by atoms with Crippen molar-refractivity contribution in [1.82, 2.24) is 4.90 Å². The highest BCUT2D eigenvalue weighted by molar-refractivity contribution is 5.78. The fraction of sp³-hybridized carbons (Fsp3) is 0.321. The largest absolute Gasteiger partial charge is 0.486 e. The Hall–Kier alpha value is -3.75. The summed E-state index contributed by atoms with van der Waals surface area (Å²) in [5, 5.41) is 0. The second-order valence-electron chi connectivity index (χ2n) is 9.16. The second kappa shape index (κ2) is 8.72. The monoisotopic (exact) mass is 487 g/mol. The van der Waals surface area contributed by atoms with Gasteiger partial charge in [0.15, 0.2) is 23.0 Å². The van der Waals surface area contributed by atoms with E-state index in [4.69, 9.17) is 28.4 Å². The number of rotatable bonds is 3. The predicted molar refractivity (Wildman–Crippen MR) is 127 cm³/mol. The van der Waals surface area contributed by atoms with Crippen molar-refractivity contribution in [3.05, 3.63) is 83.4 Å². The van der Waals surface area contributed by atoms with E-state index in [1.807, 2.05) is 54.6 Å². The Labute approximate surface area is 208 Å². The van der Waals surface area contributed by atoms with Crippen molar-refractivity contribution in [3.63, 3.8) is 0 Å². The van der Waals surface area contributed by atoms with E-state index in [0.29, 0.717) is 49.4 Å². The standard InChI is InChI=1S/C28H25NO7/c30-28-25-26(18-6-8-21-23(14-18)33-12-10-31-21)36-27(19-7-9-22-24(15-19)34-13-11-32-22)29(25)20(16-35-28)17-4-2-1-3-5-17/h1-9,14-15,20,25-27H,10-13,16H2/t20-,25+,26-,27?/m1/s1. The van der Waals surface area contributed by atoms with Crippen molar-refractivity contribution < 1.29 is 33.2 Å². The van der Waals surface area contributed by atoms with E-state index in [2.05, 4.69) is 17.0 Å². The van der Waals surface area contributed by atoms with Crippen molar-refractivity contribution in [2.75, 3.05) is 33.0 Å². The highest BCUT2D eigenvalue weighted by Crippen LogP contribution is 2.51. The molecule has 2 saturated heterocycles. The molecule has 4 aliphatic rings. The molecule has 0 bridgehead atoms. The lowest BCUT2D eigenvalue weighted by Crippen LogP contribution is -2.49. The van der Waals surface area contributed by atoms with Gasteiger partial charge in [0.25, 0.3) is 0 Å². The van der Waals surface area contributed by atoms with Gasteiger partial charge in [-0.15, -0.1) is 0 Å². The molecule has 36 heavy (non-hydrogen) atoms. The maximum absolute atomic E-state index is 13.3. The molecule has 4 atom stereocenters. The van der Waals surface area contributed by atoms with Crippen LogP contribution < -0.4 is 18.9 Å². The van der Waals surface area contributed by atoms with E-state index in [-0.39, 0.29) is 18.6 Å². The summed E-state index contributed by atoms with van der Waals surface area (Å²) in [5.74, 6) is 2.43. The first kappa shape index (κ1) is 21.5. The quantitative estimate of drug-likeness (QED) is 0.514. The number of nitrogens with zero attached hydrogens (tertiary/aromatic N) is 1. The minimum Gasteiger partial charge on any atom is -0.486 e. The van der Waals surface area contributed by atoms with Crippen molar-refractivity contribution >= 4 is 5.97 Å². The van der Waals surface area contributed by atoms with Gasteiger partial charge in [0, 0.05) is 0 Å². The first-order valence-corrected chi connectivity index (χ1v) is 12.2. The molecule has 2 fully saturated rings. The Bertz CT molecular complexity index is 1300. The van der Waals surface area contributed by atoms with Gasteiger partial charge < -0.3 is 28.4 Å². The zero-order valence-corrected chi connectivity index (χ0v) is 19.5. The molecule has 8 heteroatoms. The van der Waals surface area contributed by atoms with Gasteiger partial charge in [-0.05, 0) is 41.0 Å². The summed E-state index contributed by atoms with van der Waals surface area (Å²) in [5.41, 5.74) is 2.78. The molecule has 7 rings (SSSR count). The average Bonchev–Trinajstić information content (AvgIpc) is 3.35. The summed E-state index contributed by atoms with van der Waals surface area (Å²) in [6, 6.07) is 20.8. The summed E-state index contributed by atoms with van der Waals surface area (Å²) in [6.45, 7) is 2.26. The molecule has 4 heterocycles. The molecule has 3 aromatic rings. The minimum atomic E-state index is -0.635. The number of hydrogen-bond donors (Lipinski definition) is 0. The fourth-order valence-corrected chi connectivity index (χ4v) is 5.43. The van der Waals surface area contributed by atoms with Crippen molar-refractivity contribution in [2.45, 2.75) is 24.4 Å². The number of benzene rings is 3. The topological polar surface area (TPSA) is 75.7 Å². The Morgan fingerprint density at radius 2 is 1.25 bits per heavy atom. The molecule has 0 aliphatic carbocycles. The van der Waals surface area contributed by atoms with E-state index in [1.54, 1.807) is 0 Å². The molecule has 184 valence electrons. The Balaban J connectivity index is 1.32. The van der Waals surface area contributed by atoms with Crippen LogP contribution in [0.4, 0.5) is 0 Å². The number of carbonyl (C=O) groups is 1. The van der Waals surface area contributed by atoms with Crippen molar-refractivity contribution in [1.29, 1.82) is 0 Å². The van der Waals surface area contributed by atoms with Crippen molar-refractivity contribution in [2.24, 2.45) is 0 Å². The van der Waals surface area contributed by atoms with E-state index in [0.717, 1.165) is 16.7 Å². The molecule has 0 amide bonds. The number of hydrogen-bond acceptors (Lipinski definition) is 8. The van der Waals surface area contributed by atoms with Gasteiger partial charge in [-0.1, -0.05) is 42.5 Å². The zero-order chi connectivity index (χ0) is 24.1. The number of cyclic esters (lactones) is 1. The summed E-state index contributed by atoms with van der Waals surface area (Å²) in [6.07, 6.45) is -1.06. The molecule has 0 spiro atoms. The van der Waals surface area contributed by atoms with Gasteiger partial charge in [-0.3, -0.25) is 4.79 Å². The van der Waals surface area contributed by atoms with E-state index < -0.39 is 18.4 Å². The highest BCUT2D eigenvalue weighted by atomic mass is 16.6. The maximum atomic E-state index is 13.3. The van der Waals surface area contributed by atoms with Crippen LogP contribution in [0.25, 0.3) is 0 Å². The number of ether oxygens (including phenoxy) is 6. The van der Waals surface area contributed by atoms with Gasteiger partial charge in [0.1, 0.15) is 51.4 Å². The van der Waals surface area contributed by atoms with E-state index in [1.165, 1.54) is 0 Å². The van der Waals surface area contributed by atoms with Gasteiger partial charge >= 0.3 is 5.97 Å². The Kier molecular flexibility index (Phi) is 5.22. The summed E-state index contributed by atoms with van der Waals surface area (Å²) >= 11 is 0. The van der Waals surface area contributed by atoms with Crippen LogP contribution in [-0.2, 0) is 14.3 Å². The van der Waals surface area contributed by atoms with Gasteiger partial charge in [0.2, 0.25) is 0 Å². The fourth-order valence-electron chi connectivity index (χ4n) is 5.43. The summed E-state index contributed by atoms with van der Waals surface area (Å²) in [4.78, 5) is 15.4. The lowest BCUT2D eigenvalue weighted by Gasteiger charge is -2.39. The van der Waals surface area contributed by atoms with Crippen LogP contribution in [0.15, 0.2) is 66.7 Å².